The fraction of sp³-hybridized carbons (Fsp3) is 0.364. The quantitative estimate of drug-likeness (QED) is 0.589. The summed E-state index contributed by atoms with van der Waals surface area (Å²) in [6, 6.07) is 4.81. The molecule has 0 amide bonds. The Bertz CT molecular complexity index is 365. The van der Waals surface area contributed by atoms with Gasteiger partial charge in [-0.1, -0.05) is 11.6 Å². The number of hydrogen-bond acceptors (Lipinski definition) is 4. The Morgan fingerprint density at radius 1 is 1.44 bits per heavy atom. The lowest BCUT2D eigenvalue weighted by molar-refractivity contribution is -0.139. The molecule has 88 valence electrons. The van der Waals surface area contributed by atoms with Crippen LogP contribution in [0.4, 0.5) is 0 Å². The SMILES string of the molecule is CCOCC(=O)Oc1ccc(OC)cc1Cl. The summed E-state index contributed by atoms with van der Waals surface area (Å²) in [6.45, 7) is 2.18. The number of methoxy groups -OCH3 is 1. The van der Waals surface area contributed by atoms with Crippen molar-refractivity contribution in [3.63, 3.8) is 0 Å². The maximum absolute atomic E-state index is 11.2. The second-order valence-electron chi connectivity index (χ2n) is 2.91. The third-order valence-electron chi connectivity index (χ3n) is 1.79. The molecule has 0 fully saturated rings. The zero-order valence-electron chi connectivity index (χ0n) is 9.16. The Morgan fingerprint density at radius 3 is 2.75 bits per heavy atom. The van der Waals surface area contributed by atoms with Crippen LogP contribution < -0.4 is 9.47 Å². The Labute approximate surface area is 99.1 Å². The third-order valence-corrected chi connectivity index (χ3v) is 2.08. The van der Waals surface area contributed by atoms with E-state index in [2.05, 4.69) is 0 Å². The second-order valence-corrected chi connectivity index (χ2v) is 3.31. The molecule has 0 aromatic heterocycles. The number of benzene rings is 1. The summed E-state index contributed by atoms with van der Waals surface area (Å²) in [5, 5.41) is 0.323. The summed E-state index contributed by atoms with van der Waals surface area (Å²) in [5.41, 5.74) is 0. The highest BCUT2D eigenvalue weighted by Crippen LogP contribution is 2.28. The minimum absolute atomic E-state index is 0.0845. The van der Waals surface area contributed by atoms with Crippen molar-refractivity contribution in [1.29, 1.82) is 0 Å². The fourth-order valence-corrected chi connectivity index (χ4v) is 1.24. The van der Waals surface area contributed by atoms with Gasteiger partial charge in [-0.15, -0.1) is 0 Å². The standard InChI is InChI=1S/C11H13ClO4/c1-3-15-7-11(13)16-10-5-4-8(14-2)6-9(10)12/h4-6H,3,7H2,1-2H3. The molecule has 4 nitrogen and oxygen atoms in total. The molecule has 0 spiro atoms. The molecule has 0 saturated heterocycles. The number of carbonyl (C=O) groups is 1. The smallest absolute Gasteiger partial charge is 0.337 e. The van der Waals surface area contributed by atoms with Crippen molar-refractivity contribution in [1.82, 2.24) is 0 Å². The molecular weight excluding hydrogens is 232 g/mol. The summed E-state index contributed by atoms with van der Waals surface area (Å²) in [4.78, 5) is 11.2. The van der Waals surface area contributed by atoms with Gasteiger partial charge in [0.25, 0.3) is 0 Å². The first-order chi connectivity index (χ1) is 7.67. The molecule has 1 aromatic rings. The van der Waals surface area contributed by atoms with Gasteiger partial charge in [-0.2, -0.15) is 0 Å². The molecule has 16 heavy (non-hydrogen) atoms. The molecule has 0 N–H and O–H groups in total. The predicted octanol–water partition coefficient (Wildman–Crippen LogP) is 2.29. The number of halogens is 1. The van der Waals surface area contributed by atoms with Crippen LogP contribution >= 0.6 is 11.6 Å². The van der Waals surface area contributed by atoms with Gasteiger partial charge < -0.3 is 14.2 Å². The van der Waals surface area contributed by atoms with Crippen molar-refractivity contribution in [3.8, 4) is 11.5 Å². The molecule has 0 saturated carbocycles. The number of rotatable bonds is 5. The Morgan fingerprint density at radius 2 is 2.19 bits per heavy atom. The van der Waals surface area contributed by atoms with E-state index in [1.807, 2.05) is 0 Å². The Balaban J connectivity index is 2.63. The van der Waals surface area contributed by atoms with E-state index in [9.17, 15) is 4.79 Å². The van der Waals surface area contributed by atoms with Crippen molar-refractivity contribution < 1.29 is 19.0 Å². The molecule has 0 atom stereocenters. The normalized spacial score (nSPS) is 9.94. The highest BCUT2D eigenvalue weighted by molar-refractivity contribution is 6.32. The molecule has 1 aromatic carbocycles. The molecule has 0 aliphatic heterocycles. The van der Waals surface area contributed by atoms with Crippen LogP contribution in [0, 0.1) is 0 Å². The Kier molecular flexibility index (Phi) is 5.08. The lowest BCUT2D eigenvalue weighted by atomic mass is 10.3. The molecule has 0 radical (unpaired) electrons. The van der Waals surface area contributed by atoms with Crippen LogP contribution in [-0.4, -0.2) is 26.3 Å². The van der Waals surface area contributed by atoms with E-state index in [-0.39, 0.29) is 6.61 Å². The van der Waals surface area contributed by atoms with Gasteiger partial charge in [0.2, 0.25) is 0 Å². The van der Waals surface area contributed by atoms with E-state index >= 15 is 0 Å². The van der Waals surface area contributed by atoms with E-state index in [4.69, 9.17) is 25.8 Å². The van der Waals surface area contributed by atoms with Gasteiger partial charge >= 0.3 is 5.97 Å². The molecule has 0 bridgehead atoms. The van der Waals surface area contributed by atoms with Gasteiger partial charge in [-0.25, -0.2) is 4.79 Å². The average molecular weight is 245 g/mol. The monoisotopic (exact) mass is 244 g/mol. The summed E-state index contributed by atoms with van der Waals surface area (Å²) in [6.07, 6.45) is 0. The van der Waals surface area contributed by atoms with Crippen LogP contribution in [0.5, 0.6) is 11.5 Å². The first kappa shape index (κ1) is 12.8. The minimum atomic E-state index is -0.478. The van der Waals surface area contributed by atoms with Gasteiger partial charge in [0.05, 0.1) is 12.1 Å². The number of hydrogen-bond donors (Lipinski definition) is 0. The topological polar surface area (TPSA) is 44.8 Å². The van der Waals surface area contributed by atoms with Gasteiger partial charge in [0.15, 0.2) is 0 Å². The van der Waals surface area contributed by atoms with E-state index in [0.29, 0.717) is 23.1 Å². The van der Waals surface area contributed by atoms with Gasteiger partial charge in [-0.05, 0) is 19.1 Å². The number of ether oxygens (including phenoxy) is 3. The predicted molar refractivity (Wildman–Crippen MR) is 60.1 cm³/mol. The van der Waals surface area contributed by atoms with Crippen LogP contribution in [0.3, 0.4) is 0 Å². The average Bonchev–Trinajstić information content (AvgIpc) is 2.29. The first-order valence-corrected chi connectivity index (χ1v) is 5.17. The lowest BCUT2D eigenvalue weighted by Crippen LogP contribution is -2.15. The molecule has 0 aliphatic rings. The molecule has 1 rings (SSSR count). The van der Waals surface area contributed by atoms with E-state index in [1.165, 1.54) is 7.11 Å². The molecule has 0 aliphatic carbocycles. The second kappa shape index (κ2) is 6.35. The van der Waals surface area contributed by atoms with Crippen LogP contribution in [0.15, 0.2) is 18.2 Å². The molecule has 0 unspecified atom stereocenters. The zero-order valence-corrected chi connectivity index (χ0v) is 9.91. The van der Waals surface area contributed by atoms with Gasteiger partial charge in [-0.3, -0.25) is 0 Å². The van der Waals surface area contributed by atoms with Crippen LogP contribution in [0.2, 0.25) is 5.02 Å². The Hall–Kier alpha value is -1.26. The maximum Gasteiger partial charge on any atom is 0.337 e. The lowest BCUT2D eigenvalue weighted by Gasteiger charge is -2.07. The first-order valence-electron chi connectivity index (χ1n) is 4.79. The highest BCUT2D eigenvalue weighted by Gasteiger charge is 2.09. The molecular formula is C11H13ClO4. The van der Waals surface area contributed by atoms with Crippen LogP contribution in [0.1, 0.15) is 6.92 Å². The highest BCUT2D eigenvalue weighted by atomic mass is 35.5. The van der Waals surface area contributed by atoms with Crippen molar-refractivity contribution in [2.24, 2.45) is 0 Å². The summed E-state index contributed by atoms with van der Waals surface area (Å²) >= 11 is 5.89. The molecule has 5 heteroatoms. The maximum atomic E-state index is 11.2. The van der Waals surface area contributed by atoms with E-state index in [1.54, 1.807) is 25.1 Å². The fourth-order valence-electron chi connectivity index (χ4n) is 1.03. The zero-order chi connectivity index (χ0) is 12.0. The number of esters is 1. The van der Waals surface area contributed by atoms with E-state index in [0.717, 1.165) is 0 Å². The van der Waals surface area contributed by atoms with Crippen molar-refractivity contribution >= 4 is 17.6 Å². The summed E-state index contributed by atoms with van der Waals surface area (Å²) < 4.78 is 14.9. The summed E-state index contributed by atoms with van der Waals surface area (Å²) in [5.74, 6) is 0.427. The largest absolute Gasteiger partial charge is 0.497 e. The van der Waals surface area contributed by atoms with Crippen LogP contribution in [0.25, 0.3) is 0 Å². The minimum Gasteiger partial charge on any atom is -0.497 e. The third kappa shape index (κ3) is 3.72. The molecule has 0 heterocycles. The number of carbonyl (C=O) groups excluding carboxylic acids is 1. The van der Waals surface area contributed by atoms with Crippen LogP contribution in [-0.2, 0) is 9.53 Å². The van der Waals surface area contributed by atoms with Crippen molar-refractivity contribution in [2.75, 3.05) is 20.3 Å². The summed E-state index contributed by atoms with van der Waals surface area (Å²) in [7, 11) is 1.53. The van der Waals surface area contributed by atoms with Gasteiger partial charge in [0, 0.05) is 12.7 Å². The van der Waals surface area contributed by atoms with E-state index < -0.39 is 5.97 Å². The van der Waals surface area contributed by atoms with Crippen molar-refractivity contribution in [3.05, 3.63) is 23.2 Å². The van der Waals surface area contributed by atoms with Crippen molar-refractivity contribution in [2.45, 2.75) is 6.92 Å². The van der Waals surface area contributed by atoms with Gasteiger partial charge in [0.1, 0.15) is 18.1 Å².